The second-order valence-corrected chi connectivity index (χ2v) is 12.3. The van der Waals surface area contributed by atoms with E-state index in [1.807, 2.05) is 12.1 Å². The Morgan fingerprint density at radius 2 is 1.02 bits per heavy atom. The molecule has 0 saturated heterocycles. The van der Waals surface area contributed by atoms with Gasteiger partial charge in [0, 0.05) is 11.1 Å². The highest BCUT2D eigenvalue weighted by Crippen LogP contribution is 2.42. The third kappa shape index (κ3) is 6.12. The van der Waals surface area contributed by atoms with Gasteiger partial charge < -0.3 is 9.47 Å². The van der Waals surface area contributed by atoms with E-state index in [2.05, 4.69) is 15.7 Å². The molecule has 2 fully saturated rings. The van der Waals surface area contributed by atoms with E-state index in [-0.39, 0.29) is 11.5 Å². The minimum Gasteiger partial charge on any atom is -0.432 e. The van der Waals surface area contributed by atoms with Crippen LogP contribution in [0, 0.1) is 17.8 Å². The zero-order chi connectivity index (χ0) is 29.3. The number of alkyl halides is 4. The topological polar surface area (TPSA) is 44.2 Å². The van der Waals surface area contributed by atoms with Crippen LogP contribution < -0.4 is 9.47 Å². The molecule has 0 atom stereocenters. The van der Waals surface area contributed by atoms with E-state index in [0.717, 1.165) is 66.1 Å². The summed E-state index contributed by atoms with van der Waals surface area (Å²) >= 11 is 1.08. The summed E-state index contributed by atoms with van der Waals surface area (Å²) in [6.45, 7) is 2.10. The molecular weight excluding hydrogens is 564 g/mol. The lowest BCUT2D eigenvalue weighted by Gasteiger charge is -2.32. The van der Waals surface area contributed by atoms with Gasteiger partial charge in [-0.25, -0.2) is 0 Å². The van der Waals surface area contributed by atoms with E-state index in [1.54, 1.807) is 48.5 Å². The van der Waals surface area contributed by atoms with Gasteiger partial charge >= 0.3 is 12.2 Å². The van der Waals surface area contributed by atoms with Crippen molar-refractivity contribution in [2.75, 3.05) is 0 Å². The smallest absolute Gasteiger partial charge is 0.400 e. The molecule has 9 heteroatoms. The van der Waals surface area contributed by atoms with Crippen LogP contribution in [0.5, 0.6) is 11.5 Å². The van der Waals surface area contributed by atoms with Crippen molar-refractivity contribution in [3.8, 4) is 33.8 Å². The third-order valence-corrected chi connectivity index (χ3v) is 9.35. The van der Waals surface area contributed by atoms with Crippen molar-refractivity contribution in [2.24, 2.45) is 17.8 Å². The molecule has 6 rings (SSSR count). The molecule has 1 aromatic heterocycles. The molecule has 1 heterocycles. The lowest BCUT2D eigenvalue weighted by atomic mass is 9.82. The number of hydrogen-bond acceptors (Lipinski definition) is 5. The van der Waals surface area contributed by atoms with Crippen molar-refractivity contribution in [3.63, 3.8) is 0 Å². The molecule has 2 aliphatic rings. The van der Waals surface area contributed by atoms with Gasteiger partial charge in [0.05, 0.1) is 23.6 Å². The highest BCUT2D eigenvalue weighted by molar-refractivity contribution is 7.00. The van der Waals surface area contributed by atoms with Crippen LogP contribution in [-0.4, -0.2) is 21.0 Å². The standard InChI is InChI=1S/C33H34F4N2O2S/c1-21-7-13-25(14-8-21)33(36,37)41-27-17-11-23(12-18-27)29-20-19-28(30-31(29)39-42-38-30)22-9-15-26(16-10-22)40-32(34,35)24-5-3-2-4-6-24/h9-12,15-21,24-25H,2-8,13-14H2,1H3/t21-,25-. The van der Waals surface area contributed by atoms with E-state index < -0.39 is 24.1 Å². The summed E-state index contributed by atoms with van der Waals surface area (Å²) in [5.41, 5.74) is 4.59. The summed E-state index contributed by atoms with van der Waals surface area (Å²) in [6.07, 6.45) is -0.293. The van der Waals surface area contributed by atoms with E-state index in [0.29, 0.717) is 42.6 Å². The van der Waals surface area contributed by atoms with E-state index in [9.17, 15) is 17.6 Å². The molecule has 0 bridgehead atoms. The fraction of sp³-hybridized carbons (Fsp3) is 0.455. The van der Waals surface area contributed by atoms with Crippen LogP contribution in [0.4, 0.5) is 17.6 Å². The fourth-order valence-electron chi connectivity index (χ4n) is 6.25. The lowest BCUT2D eigenvalue weighted by molar-refractivity contribution is -0.223. The van der Waals surface area contributed by atoms with E-state index in [4.69, 9.17) is 9.47 Å². The van der Waals surface area contributed by atoms with Gasteiger partial charge in [-0.05, 0) is 67.0 Å². The molecule has 42 heavy (non-hydrogen) atoms. The molecule has 3 aromatic carbocycles. The van der Waals surface area contributed by atoms with Gasteiger partial charge in [-0.1, -0.05) is 75.4 Å². The molecule has 2 aliphatic carbocycles. The van der Waals surface area contributed by atoms with Gasteiger partial charge in [0.25, 0.3) is 0 Å². The average molecular weight is 599 g/mol. The van der Waals surface area contributed by atoms with E-state index >= 15 is 0 Å². The molecular formula is C33H34F4N2O2S. The zero-order valence-corrected chi connectivity index (χ0v) is 24.3. The van der Waals surface area contributed by atoms with Crippen molar-refractivity contribution >= 4 is 22.8 Å². The Morgan fingerprint density at radius 3 is 1.48 bits per heavy atom. The van der Waals surface area contributed by atoms with Crippen molar-refractivity contribution in [3.05, 3.63) is 60.7 Å². The van der Waals surface area contributed by atoms with Gasteiger partial charge in [0.2, 0.25) is 0 Å². The first-order valence-electron chi connectivity index (χ1n) is 14.8. The molecule has 0 amide bonds. The van der Waals surface area contributed by atoms with Gasteiger partial charge in [-0.3, -0.25) is 0 Å². The fourth-order valence-corrected chi connectivity index (χ4v) is 6.83. The Morgan fingerprint density at radius 1 is 0.595 bits per heavy atom. The Hall–Kier alpha value is -3.20. The van der Waals surface area contributed by atoms with Crippen LogP contribution in [0.1, 0.15) is 64.7 Å². The van der Waals surface area contributed by atoms with Crippen molar-refractivity contribution in [1.82, 2.24) is 8.75 Å². The quantitative estimate of drug-likeness (QED) is 0.189. The first-order chi connectivity index (χ1) is 20.2. The molecule has 2 saturated carbocycles. The van der Waals surface area contributed by atoms with Crippen LogP contribution in [0.2, 0.25) is 0 Å². The maximum Gasteiger partial charge on any atom is 0.400 e. The Labute approximate surface area is 247 Å². The third-order valence-electron chi connectivity index (χ3n) is 8.83. The minimum absolute atomic E-state index is 0.128. The Balaban J connectivity index is 1.18. The van der Waals surface area contributed by atoms with Crippen LogP contribution in [0.25, 0.3) is 33.3 Å². The molecule has 0 N–H and O–H groups in total. The number of halogens is 4. The number of aromatic nitrogens is 2. The van der Waals surface area contributed by atoms with Crippen molar-refractivity contribution < 1.29 is 27.0 Å². The summed E-state index contributed by atoms with van der Waals surface area (Å²) in [5, 5.41) is 0. The van der Waals surface area contributed by atoms with Crippen LogP contribution in [0.15, 0.2) is 60.7 Å². The van der Waals surface area contributed by atoms with Crippen molar-refractivity contribution in [2.45, 2.75) is 76.9 Å². The number of hydrogen-bond donors (Lipinski definition) is 0. The normalized spacial score (nSPS) is 20.5. The predicted molar refractivity (Wildman–Crippen MR) is 157 cm³/mol. The second kappa shape index (κ2) is 11.8. The number of rotatable bonds is 8. The summed E-state index contributed by atoms with van der Waals surface area (Å²) in [5.74, 6) is -0.780. The average Bonchev–Trinajstić information content (AvgIpc) is 3.48. The van der Waals surface area contributed by atoms with Crippen LogP contribution in [0.3, 0.4) is 0 Å². The molecule has 0 radical (unpaired) electrons. The molecule has 222 valence electrons. The minimum atomic E-state index is -3.21. The molecule has 4 nitrogen and oxygen atoms in total. The Kier molecular flexibility index (Phi) is 8.13. The lowest BCUT2D eigenvalue weighted by Crippen LogP contribution is -2.36. The summed E-state index contributed by atoms with van der Waals surface area (Å²) in [4.78, 5) is 0. The maximum absolute atomic E-state index is 14.8. The Bertz CT molecular complexity index is 1490. The zero-order valence-electron chi connectivity index (χ0n) is 23.5. The number of nitrogens with zero attached hydrogens (tertiary/aromatic N) is 2. The van der Waals surface area contributed by atoms with Crippen LogP contribution in [-0.2, 0) is 0 Å². The van der Waals surface area contributed by atoms with Gasteiger partial charge in [-0.2, -0.15) is 26.3 Å². The SMILES string of the molecule is C[C@H]1CC[C@H](C(F)(F)Oc2ccc(-c3ccc(-c4ccc(OC(F)(F)C5CCCCC5)cc4)c4nsnc34)cc2)CC1. The van der Waals surface area contributed by atoms with E-state index in [1.165, 1.54) is 0 Å². The summed E-state index contributed by atoms with van der Waals surface area (Å²) < 4.78 is 78.4. The summed E-state index contributed by atoms with van der Waals surface area (Å²) in [7, 11) is 0. The van der Waals surface area contributed by atoms with Gasteiger partial charge in [0.15, 0.2) is 0 Å². The maximum atomic E-state index is 14.8. The highest BCUT2D eigenvalue weighted by Gasteiger charge is 2.44. The first kappa shape index (κ1) is 28.9. The second-order valence-electron chi connectivity index (χ2n) is 11.8. The highest BCUT2D eigenvalue weighted by atomic mass is 32.1. The number of benzene rings is 3. The first-order valence-corrected chi connectivity index (χ1v) is 15.5. The molecule has 0 unspecified atom stereocenters. The van der Waals surface area contributed by atoms with Gasteiger partial charge in [-0.15, -0.1) is 0 Å². The van der Waals surface area contributed by atoms with Crippen molar-refractivity contribution in [1.29, 1.82) is 0 Å². The predicted octanol–water partition coefficient (Wildman–Crippen LogP) is 10.4. The number of fused-ring (bicyclic) bond motifs is 1. The largest absolute Gasteiger partial charge is 0.432 e. The molecule has 0 aliphatic heterocycles. The summed E-state index contributed by atoms with van der Waals surface area (Å²) in [6, 6.07) is 17.1. The monoisotopic (exact) mass is 598 g/mol. The van der Waals surface area contributed by atoms with Gasteiger partial charge in [0.1, 0.15) is 22.5 Å². The molecule has 0 spiro atoms. The van der Waals surface area contributed by atoms with Crippen LogP contribution >= 0.6 is 11.7 Å². The molecule has 4 aromatic rings. The number of ether oxygens (including phenoxy) is 2.